The Kier molecular flexibility index (Phi) is 5.18. The number of ketones is 1. The van der Waals surface area contributed by atoms with Crippen molar-refractivity contribution in [3.63, 3.8) is 0 Å². The van der Waals surface area contributed by atoms with Crippen LogP contribution in [0, 0.1) is 19.7 Å². The van der Waals surface area contributed by atoms with Gasteiger partial charge >= 0.3 is 0 Å². The zero-order valence-electron chi connectivity index (χ0n) is 16.9. The highest BCUT2D eigenvalue weighted by Gasteiger charge is 2.28. The molecule has 7 nitrogen and oxygen atoms in total. The smallest absolute Gasteiger partial charge is 0.287 e. The van der Waals surface area contributed by atoms with Gasteiger partial charge < -0.3 is 0 Å². The SMILES string of the molecule is Cc1nn(C)c(C)c1S(=O)(=O)n1ncc2ccc(CC(=O)c3c(F)cccc3Cl)cc21. The van der Waals surface area contributed by atoms with Gasteiger partial charge in [0.2, 0.25) is 0 Å². The highest BCUT2D eigenvalue weighted by atomic mass is 35.5. The maximum Gasteiger partial charge on any atom is 0.287 e. The average Bonchev–Trinajstić information content (AvgIpc) is 3.22. The summed E-state index contributed by atoms with van der Waals surface area (Å²) in [4.78, 5) is 12.7. The van der Waals surface area contributed by atoms with Crippen LogP contribution in [0.3, 0.4) is 0 Å². The first-order valence-electron chi connectivity index (χ1n) is 9.31. The summed E-state index contributed by atoms with van der Waals surface area (Å²) >= 11 is 5.99. The lowest BCUT2D eigenvalue weighted by Crippen LogP contribution is -2.16. The van der Waals surface area contributed by atoms with E-state index in [1.165, 1.54) is 29.1 Å². The van der Waals surface area contributed by atoms with Gasteiger partial charge in [0.15, 0.2) is 5.78 Å². The summed E-state index contributed by atoms with van der Waals surface area (Å²) in [6, 6.07) is 8.95. The molecule has 0 unspecified atom stereocenters. The van der Waals surface area contributed by atoms with Crippen LogP contribution in [-0.2, 0) is 23.5 Å². The van der Waals surface area contributed by atoms with Crippen molar-refractivity contribution in [3.05, 3.63) is 75.9 Å². The van der Waals surface area contributed by atoms with Crippen LogP contribution in [0.5, 0.6) is 0 Å². The predicted octanol–water partition coefficient (Wildman–Crippen LogP) is 3.84. The Balaban J connectivity index is 1.77. The standard InChI is InChI=1S/C21H18ClFN4O3S/c1-12-21(13(2)26(3)25-12)31(29,30)27-18-9-14(7-8-15(18)11-24-27)10-19(28)20-16(22)5-4-6-17(20)23/h4-9,11H,10H2,1-3H3. The Morgan fingerprint density at radius 1 is 1.19 bits per heavy atom. The molecule has 10 heteroatoms. The predicted molar refractivity (Wildman–Crippen MR) is 114 cm³/mol. The number of halogens is 2. The summed E-state index contributed by atoms with van der Waals surface area (Å²) < 4.78 is 43.2. The largest absolute Gasteiger partial charge is 0.294 e. The number of nitrogens with zero attached hydrogens (tertiary/aromatic N) is 4. The Morgan fingerprint density at radius 3 is 2.58 bits per heavy atom. The molecule has 0 atom stereocenters. The monoisotopic (exact) mass is 460 g/mol. The van der Waals surface area contributed by atoms with Crippen molar-refractivity contribution in [2.24, 2.45) is 7.05 Å². The van der Waals surface area contributed by atoms with Crippen LogP contribution in [0.4, 0.5) is 4.39 Å². The molecule has 0 aliphatic carbocycles. The van der Waals surface area contributed by atoms with Crippen LogP contribution in [0.15, 0.2) is 47.5 Å². The van der Waals surface area contributed by atoms with Crippen molar-refractivity contribution >= 4 is 38.3 Å². The van der Waals surface area contributed by atoms with E-state index in [-0.39, 0.29) is 21.9 Å². The summed E-state index contributed by atoms with van der Waals surface area (Å²) in [7, 11) is -2.35. The fraction of sp³-hybridized carbons (Fsp3) is 0.190. The van der Waals surface area contributed by atoms with E-state index in [0.717, 1.165) is 4.09 Å². The fourth-order valence-electron chi connectivity index (χ4n) is 3.59. The topological polar surface area (TPSA) is 86.8 Å². The van der Waals surface area contributed by atoms with E-state index < -0.39 is 21.6 Å². The van der Waals surface area contributed by atoms with Gasteiger partial charge in [0.1, 0.15) is 10.7 Å². The minimum Gasteiger partial charge on any atom is -0.294 e. The molecule has 0 radical (unpaired) electrons. The van der Waals surface area contributed by atoms with E-state index in [9.17, 15) is 17.6 Å². The lowest BCUT2D eigenvalue weighted by Gasteiger charge is -2.08. The molecule has 0 aliphatic rings. The van der Waals surface area contributed by atoms with Gasteiger partial charge in [0.05, 0.1) is 33.7 Å². The second kappa shape index (κ2) is 7.58. The minimum absolute atomic E-state index is 0.0289. The molecule has 0 aliphatic heterocycles. The van der Waals surface area contributed by atoms with Gasteiger partial charge in [-0.25, -0.2) is 4.39 Å². The Bertz CT molecular complexity index is 1440. The molecular weight excluding hydrogens is 443 g/mol. The molecule has 0 saturated carbocycles. The first kappa shape index (κ1) is 21.2. The molecular formula is C21H18ClFN4O3S. The van der Waals surface area contributed by atoms with E-state index in [4.69, 9.17) is 11.6 Å². The van der Waals surface area contributed by atoms with E-state index in [0.29, 0.717) is 27.9 Å². The van der Waals surface area contributed by atoms with E-state index in [1.54, 1.807) is 39.1 Å². The third-order valence-electron chi connectivity index (χ3n) is 5.14. The van der Waals surface area contributed by atoms with Gasteiger partial charge in [-0.15, -0.1) is 0 Å². The zero-order chi connectivity index (χ0) is 22.5. The molecule has 2 aromatic carbocycles. The molecule has 0 bridgehead atoms. The second-order valence-electron chi connectivity index (χ2n) is 7.21. The number of fused-ring (bicyclic) bond motifs is 1. The number of Topliss-reactive ketones (excluding diaryl/α,β-unsaturated/α-hetero) is 1. The van der Waals surface area contributed by atoms with Gasteiger partial charge in [-0.3, -0.25) is 9.48 Å². The van der Waals surface area contributed by atoms with Crippen molar-refractivity contribution in [2.45, 2.75) is 25.2 Å². The summed E-state index contributed by atoms with van der Waals surface area (Å²) in [5, 5.41) is 8.86. The molecule has 2 heterocycles. The van der Waals surface area contributed by atoms with Gasteiger partial charge in [-0.05, 0) is 37.6 Å². The number of benzene rings is 2. The molecule has 0 saturated heterocycles. The number of rotatable bonds is 5. The van der Waals surface area contributed by atoms with Crippen LogP contribution in [-0.4, -0.2) is 33.2 Å². The van der Waals surface area contributed by atoms with Gasteiger partial charge in [-0.1, -0.05) is 29.8 Å². The summed E-state index contributed by atoms with van der Waals surface area (Å²) in [6.07, 6.45) is 1.29. The maximum absolute atomic E-state index is 14.1. The quantitative estimate of drug-likeness (QED) is 0.422. The highest BCUT2D eigenvalue weighted by Crippen LogP contribution is 2.26. The third-order valence-corrected chi connectivity index (χ3v) is 7.31. The average molecular weight is 461 g/mol. The fourth-order valence-corrected chi connectivity index (χ4v) is 5.54. The second-order valence-corrected chi connectivity index (χ2v) is 9.32. The van der Waals surface area contributed by atoms with E-state index >= 15 is 0 Å². The normalized spacial score (nSPS) is 11.9. The molecule has 0 N–H and O–H groups in total. The lowest BCUT2D eigenvalue weighted by molar-refractivity contribution is 0.0989. The molecule has 4 aromatic rings. The molecule has 160 valence electrons. The van der Waals surface area contributed by atoms with Crippen LogP contribution in [0.2, 0.25) is 5.02 Å². The molecule has 0 spiro atoms. The van der Waals surface area contributed by atoms with Crippen LogP contribution < -0.4 is 0 Å². The van der Waals surface area contributed by atoms with Crippen LogP contribution in [0.1, 0.15) is 27.3 Å². The number of hydrogen-bond acceptors (Lipinski definition) is 5. The van der Waals surface area contributed by atoms with Crippen LogP contribution >= 0.6 is 11.6 Å². The Morgan fingerprint density at radius 2 is 1.94 bits per heavy atom. The Labute approximate surface area is 183 Å². The lowest BCUT2D eigenvalue weighted by atomic mass is 10.0. The number of aromatic nitrogens is 4. The van der Waals surface area contributed by atoms with Crippen molar-refractivity contribution < 1.29 is 17.6 Å². The summed E-state index contributed by atoms with van der Waals surface area (Å²) in [6.45, 7) is 3.29. The van der Waals surface area contributed by atoms with Crippen molar-refractivity contribution in [3.8, 4) is 0 Å². The molecule has 4 rings (SSSR count). The number of aryl methyl sites for hydroxylation is 2. The molecule has 0 amide bonds. The molecule has 2 aromatic heterocycles. The highest BCUT2D eigenvalue weighted by molar-refractivity contribution is 7.90. The maximum atomic E-state index is 14.1. The van der Waals surface area contributed by atoms with E-state index in [1.807, 2.05) is 0 Å². The van der Waals surface area contributed by atoms with Crippen molar-refractivity contribution in [2.75, 3.05) is 0 Å². The van der Waals surface area contributed by atoms with Crippen molar-refractivity contribution in [1.29, 1.82) is 0 Å². The Hall–Kier alpha value is -3.04. The number of carbonyl (C=O) groups excluding carboxylic acids is 1. The van der Waals surface area contributed by atoms with E-state index in [2.05, 4.69) is 10.2 Å². The minimum atomic E-state index is -4.02. The number of carbonyl (C=O) groups is 1. The molecule has 0 fully saturated rings. The van der Waals surface area contributed by atoms with Gasteiger partial charge in [0.25, 0.3) is 10.0 Å². The van der Waals surface area contributed by atoms with Crippen LogP contribution in [0.25, 0.3) is 10.9 Å². The molecule has 31 heavy (non-hydrogen) atoms. The number of hydrogen-bond donors (Lipinski definition) is 0. The first-order valence-corrected chi connectivity index (χ1v) is 11.1. The summed E-state index contributed by atoms with van der Waals surface area (Å²) in [5.74, 6) is -1.20. The third kappa shape index (κ3) is 3.53. The summed E-state index contributed by atoms with van der Waals surface area (Å²) in [5.41, 5.74) is 1.49. The zero-order valence-corrected chi connectivity index (χ0v) is 18.5. The van der Waals surface area contributed by atoms with Gasteiger partial charge in [-0.2, -0.15) is 22.7 Å². The van der Waals surface area contributed by atoms with Gasteiger partial charge in [0, 0.05) is 18.9 Å². The first-order chi connectivity index (χ1) is 14.6. The van der Waals surface area contributed by atoms with Crippen molar-refractivity contribution in [1.82, 2.24) is 19.0 Å².